The van der Waals surface area contributed by atoms with Gasteiger partial charge in [-0.1, -0.05) is 12.1 Å². The van der Waals surface area contributed by atoms with Crippen LogP contribution in [0.2, 0.25) is 0 Å². The zero-order valence-corrected chi connectivity index (χ0v) is 16.5. The molecule has 0 saturated carbocycles. The molecular formula is C20H24N2O4S. The molecule has 144 valence electrons. The van der Waals surface area contributed by atoms with Crippen LogP contribution in [0.5, 0.6) is 0 Å². The second kappa shape index (κ2) is 7.70. The molecule has 2 aromatic carbocycles. The van der Waals surface area contributed by atoms with Gasteiger partial charge in [0.2, 0.25) is 0 Å². The van der Waals surface area contributed by atoms with E-state index in [0.29, 0.717) is 17.9 Å². The highest BCUT2D eigenvalue weighted by Crippen LogP contribution is 2.25. The molecule has 1 aliphatic heterocycles. The zero-order chi connectivity index (χ0) is 19.6. The average Bonchev–Trinajstić information content (AvgIpc) is 2.64. The van der Waals surface area contributed by atoms with E-state index in [-0.39, 0.29) is 22.8 Å². The number of benzene rings is 2. The summed E-state index contributed by atoms with van der Waals surface area (Å²) in [5.74, 6) is -0.103. The van der Waals surface area contributed by atoms with Gasteiger partial charge in [-0.05, 0) is 57.2 Å². The van der Waals surface area contributed by atoms with Crippen molar-refractivity contribution in [2.75, 3.05) is 22.8 Å². The topological polar surface area (TPSA) is 75.7 Å². The number of hydrogen-bond donors (Lipinski definition) is 1. The van der Waals surface area contributed by atoms with E-state index >= 15 is 0 Å². The molecule has 1 saturated heterocycles. The minimum Gasteiger partial charge on any atom is -0.375 e. The van der Waals surface area contributed by atoms with Crippen molar-refractivity contribution in [1.82, 2.24) is 0 Å². The number of carbonyl (C=O) groups is 1. The molecule has 0 aromatic heterocycles. The quantitative estimate of drug-likeness (QED) is 0.796. The number of anilines is 2. The summed E-state index contributed by atoms with van der Waals surface area (Å²) in [7, 11) is -3.71. The van der Waals surface area contributed by atoms with E-state index < -0.39 is 10.0 Å². The lowest BCUT2D eigenvalue weighted by atomic mass is 10.1. The largest absolute Gasteiger partial charge is 0.375 e. The van der Waals surface area contributed by atoms with E-state index in [4.69, 9.17) is 4.74 Å². The van der Waals surface area contributed by atoms with E-state index in [1.807, 2.05) is 19.1 Å². The van der Waals surface area contributed by atoms with Gasteiger partial charge < -0.3 is 9.64 Å². The van der Waals surface area contributed by atoms with Crippen LogP contribution in [0.3, 0.4) is 0 Å². The third-order valence-electron chi connectivity index (χ3n) is 4.63. The van der Waals surface area contributed by atoms with Crippen molar-refractivity contribution in [1.29, 1.82) is 0 Å². The maximum atomic E-state index is 12.5. The van der Waals surface area contributed by atoms with Crippen LogP contribution >= 0.6 is 0 Å². The van der Waals surface area contributed by atoms with Gasteiger partial charge in [0.1, 0.15) is 0 Å². The van der Waals surface area contributed by atoms with Gasteiger partial charge >= 0.3 is 0 Å². The van der Waals surface area contributed by atoms with Gasteiger partial charge in [-0.25, -0.2) is 8.42 Å². The van der Waals surface area contributed by atoms with Gasteiger partial charge in [0.25, 0.3) is 10.0 Å². The van der Waals surface area contributed by atoms with Gasteiger partial charge in [-0.3, -0.25) is 9.52 Å². The molecule has 2 atom stereocenters. The molecule has 27 heavy (non-hydrogen) atoms. The standard InChI is InChI=1S/C20H24N2O4S/c1-14-13-26-15(2)12-22(14)19-8-6-18(7-9-19)21-27(24,25)20-10-4-17(5-11-20)16(3)23/h4-11,14-15,21H,12-13H2,1-3H3. The zero-order valence-electron chi connectivity index (χ0n) is 15.7. The fraction of sp³-hybridized carbons (Fsp3) is 0.350. The van der Waals surface area contributed by atoms with Gasteiger partial charge in [-0.15, -0.1) is 0 Å². The molecule has 0 radical (unpaired) electrons. The third kappa shape index (κ3) is 4.48. The lowest BCUT2D eigenvalue weighted by Crippen LogP contribution is -2.47. The Morgan fingerprint density at radius 3 is 2.30 bits per heavy atom. The summed E-state index contributed by atoms with van der Waals surface area (Å²) in [5.41, 5.74) is 2.00. The Bertz CT molecular complexity index is 908. The average molecular weight is 388 g/mol. The van der Waals surface area contributed by atoms with E-state index in [2.05, 4.69) is 16.5 Å². The number of hydrogen-bond acceptors (Lipinski definition) is 5. The predicted octanol–water partition coefficient (Wildman–Crippen LogP) is 3.30. The van der Waals surface area contributed by atoms with Crippen molar-refractivity contribution >= 4 is 27.2 Å². The molecule has 1 aliphatic rings. The lowest BCUT2D eigenvalue weighted by Gasteiger charge is -2.38. The Labute approximate surface area is 160 Å². The summed E-state index contributed by atoms with van der Waals surface area (Å²) in [6.45, 7) is 7.06. The first-order valence-electron chi connectivity index (χ1n) is 8.88. The van der Waals surface area contributed by atoms with Crippen LogP contribution in [-0.4, -0.2) is 39.5 Å². The molecule has 0 bridgehead atoms. The molecule has 6 nitrogen and oxygen atoms in total. The van der Waals surface area contributed by atoms with Crippen LogP contribution in [0, 0.1) is 0 Å². The first kappa shape index (κ1) is 19.4. The fourth-order valence-corrected chi connectivity index (χ4v) is 4.13. The molecule has 0 aliphatic carbocycles. The molecule has 1 N–H and O–H groups in total. The molecule has 2 unspecified atom stereocenters. The summed E-state index contributed by atoms with van der Waals surface area (Å²) < 4.78 is 33.3. The summed E-state index contributed by atoms with van der Waals surface area (Å²) >= 11 is 0. The van der Waals surface area contributed by atoms with Crippen molar-refractivity contribution < 1.29 is 17.9 Å². The van der Waals surface area contributed by atoms with Crippen LogP contribution in [-0.2, 0) is 14.8 Å². The molecule has 3 rings (SSSR count). The molecule has 1 fully saturated rings. The van der Waals surface area contributed by atoms with Crippen LogP contribution in [0.25, 0.3) is 0 Å². The number of ether oxygens (including phenoxy) is 1. The Hall–Kier alpha value is -2.38. The van der Waals surface area contributed by atoms with Gasteiger partial charge in [0.15, 0.2) is 5.78 Å². The Balaban J connectivity index is 1.74. The number of sulfonamides is 1. The van der Waals surface area contributed by atoms with Crippen molar-refractivity contribution in [3.8, 4) is 0 Å². The Morgan fingerprint density at radius 2 is 1.70 bits per heavy atom. The van der Waals surface area contributed by atoms with Crippen molar-refractivity contribution in [3.05, 3.63) is 54.1 Å². The molecule has 2 aromatic rings. The second-order valence-corrected chi connectivity index (χ2v) is 8.56. The van der Waals surface area contributed by atoms with E-state index in [1.54, 1.807) is 12.1 Å². The Kier molecular flexibility index (Phi) is 5.53. The molecule has 1 heterocycles. The normalized spacial score (nSPS) is 20.3. The first-order chi connectivity index (χ1) is 12.8. The Morgan fingerprint density at radius 1 is 1.07 bits per heavy atom. The summed E-state index contributed by atoms with van der Waals surface area (Å²) in [6, 6.07) is 13.5. The maximum absolute atomic E-state index is 12.5. The summed E-state index contributed by atoms with van der Waals surface area (Å²) in [4.78, 5) is 13.7. The number of ketones is 1. The minimum atomic E-state index is -3.71. The number of rotatable bonds is 5. The predicted molar refractivity (Wildman–Crippen MR) is 106 cm³/mol. The van der Waals surface area contributed by atoms with E-state index in [0.717, 1.165) is 12.2 Å². The van der Waals surface area contributed by atoms with Crippen molar-refractivity contribution in [2.45, 2.75) is 37.8 Å². The SMILES string of the molecule is CC(=O)c1ccc(S(=O)(=O)Nc2ccc(N3CC(C)OCC3C)cc2)cc1. The number of nitrogens with zero attached hydrogens (tertiary/aromatic N) is 1. The van der Waals surface area contributed by atoms with Crippen LogP contribution in [0.4, 0.5) is 11.4 Å². The van der Waals surface area contributed by atoms with Crippen LogP contribution in [0.15, 0.2) is 53.4 Å². The lowest BCUT2D eigenvalue weighted by molar-refractivity contribution is 0.0344. The van der Waals surface area contributed by atoms with Gasteiger partial charge in [0.05, 0.1) is 17.6 Å². The monoisotopic (exact) mass is 388 g/mol. The van der Waals surface area contributed by atoms with Crippen molar-refractivity contribution in [3.63, 3.8) is 0 Å². The highest BCUT2D eigenvalue weighted by Gasteiger charge is 2.23. The van der Waals surface area contributed by atoms with E-state index in [1.165, 1.54) is 31.2 Å². The smallest absolute Gasteiger partial charge is 0.261 e. The van der Waals surface area contributed by atoms with E-state index in [9.17, 15) is 13.2 Å². The first-order valence-corrected chi connectivity index (χ1v) is 10.4. The van der Waals surface area contributed by atoms with Crippen molar-refractivity contribution in [2.24, 2.45) is 0 Å². The summed E-state index contributed by atoms with van der Waals surface area (Å²) in [5, 5.41) is 0. The third-order valence-corrected chi connectivity index (χ3v) is 6.03. The number of carbonyl (C=O) groups excluding carboxylic acids is 1. The van der Waals surface area contributed by atoms with Gasteiger partial charge in [-0.2, -0.15) is 0 Å². The second-order valence-electron chi connectivity index (χ2n) is 6.88. The fourth-order valence-electron chi connectivity index (χ4n) is 3.07. The number of nitrogens with one attached hydrogen (secondary N) is 1. The molecule has 0 amide bonds. The summed E-state index contributed by atoms with van der Waals surface area (Å²) in [6.07, 6.45) is 0.164. The molecule has 7 heteroatoms. The highest BCUT2D eigenvalue weighted by atomic mass is 32.2. The number of Topliss-reactive ketones (excluding diaryl/α,β-unsaturated/α-hetero) is 1. The molecule has 0 spiro atoms. The minimum absolute atomic E-state index is 0.103. The highest BCUT2D eigenvalue weighted by molar-refractivity contribution is 7.92. The van der Waals surface area contributed by atoms with Crippen LogP contribution < -0.4 is 9.62 Å². The molecular weight excluding hydrogens is 364 g/mol. The maximum Gasteiger partial charge on any atom is 0.261 e. The van der Waals surface area contributed by atoms with Crippen LogP contribution in [0.1, 0.15) is 31.1 Å². The van der Waals surface area contributed by atoms with Gasteiger partial charge in [0, 0.05) is 29.5 Å². The number of morpholine rings is 1.